The van der Waals surface area contributed by atoms with E-state index in [1.54, 1.807) is 25.1 Å². The fraction of sp³-hybridized carbons (Fsp3) is 0.412. The van der Waals surface area contributed by atoms with Gasteiger partial charge in [-0.1, -0.05) is 12.1 Å². The summed E-state index contributed by atoms with van der Waals surface area (Å²) in [5.74, 6) is -1.90. The Hall–Kier alpha value is -2.90. The van der Waals surface area contributed by atoms with Crippen molar-refractivity contribution in [3.05, 3.63) is 35.4 Å². The van der Waals surface area contributed by atoms with Crippen LogP contribution in [-0.2, 0) is 15.1 Å². The summed E-state index contributed by atoms with van der Waals surface area (Å²) in [4.78, 5) is 49.1. The molecule has 2 heterocycles. The first kappa shape index (κ1) is 16.9. The molecule has 1 aromatic carbocycles. The lowest BCUT2D eigenvalue weighted by atomic mass is 9.90. The molecular formula is C17H19N3O5. The predicted octanol–water partition coefficient (Wildman–Crippen LogP) is 0.821. The minimum atomic E-state index is -1.26. The number of aliphatic carboxylic acids is 1. The number of carbonyl (C=O) groups excluding carboxylic acids is 3. The van der Waals surface area contributed by atoms with E-state index < -0.39 is 29.5 Å². The first-order valence-electron chi connectivity index (χ1n) is 8.11. The normalized spacial score (nSPS) is 26.1. The second-order valence-electron chi connectivity index (χ2n) is 6.46. The Morgan fingerprint density at radius 3 is 2.68 bits per heavy atom. The van der Waals surface area contributed by atoms with Crippen LogP contribution in [0.3, 0.4) is 0 Å². The van der Waals surface area contributed by atoms with Crippen molar-refractivity contribution in [2.24, 2.45) is 0 Å². The highest BCUT2D eigenvalue weighted by Gasteiger charge is 2.43. The first-order valence-corrected chi connectivity index (χ1v) is 8.11. The quantitative estimate of drug-likeness (QED) is 0.702. The van der Waals surface area contributed by atoms with Crippen molar-refractivity contribution in [2.45, 2.75) is 37.8 Å². The summed E-state index contributed by atoms with van der Waals surface area (Å²) < 4.78 is 0. The number of imide groups is 1. The number of nitrogens with one attached hydrogen (secondary N) is 2. The van der Waals surface area contributed by atoms with Crippen molar-refractivity contribution < 1.29 is 24.3 Å². The second-order valence-corrected chi connectivity index (χ2v) is 6.46. The van der Waals surface area contributed by atoms with Gasteiger partial charge in [-0.2, -0.15) is 0 Å². The van der Waals surface area contributed by atoms with Crippen LogP contribution in [0, 0.1) is 0 Å². The number of nitrogens with zero attached hydrogens (tertiary/aromatic N) is 1. The van der Waals surface area contributed by atoms with Crippen LogP contribution in [0.5, 0.6) is 0 Å². The molecule has 2 atom stereocenters. The third kappa shape index (κ3) is 2.95. The Bertz CT molecular complexity index is 762. The fourth-order valence-electron chi connectivity index (χ4n) is 3.31. The molecule has 8 nitrogen and oxygen atoms in total. The van der Waals surface area contributed by atoms with Crippen LogP contribution in [0.2, 0.25) is 0 Å². The molecule has 0 bridgehead atoms. The summed E-state index contributed by atoms with van der Waals surface area (Å²) in [5.41, 5.74) is -0.506. The number of carboxylic acid groups (broad SMARTS) is 1. The molecule has 25 heavy (non-hydrogen) atoms. The van der Waals surface area contributed by atoms with E-state index in [-0.39, 0.29) is 5.91 Å². The van der Waals surface area contributed by atoms with Crippen molar-refractivity contribution in [1.82, 2.24) is 15.5 Å². The molecule has 2 fully saturated rings. The van der Waals surface area contributed by atoms with E-state index in [4.69, 9.17) is 0 Å². The van der Waals surface area contributed by atoms with Crippen molar-refractivity contribution >= 4 is 23.8 Å². The third-order valence-electron chi connectivity index (χ3n) is 4.78. The number of hydrogen-bond acceptors (Lipinski definition) is 4. The zero-order valence-electron chi connectivity index (χ0n) is 13.7. The molecule has 0 aromatic heterocycles. The molecular weight excluding hydrogens is 326 g/mol. The average Bonchev–Trinajstić information content (AvgIpc) is 2.87. The molecule has 2 saturated heterocycles. The topological polar surface area (TPSA) is 116 Å². The molecule has 2 aliphatic heterocycles. The van der Waals surface area contributed by atoms with Gasteiger partial charge in [0.15, 0.2) is 0 Å². The number of rotatable bonds is 3. The second kappa shape index (κ2) is 6.19. The smallest absolute Gasteiger partial charge is 0.326 e. The Labute approximate surface area is 144 Å². The molecule has 0 saturated carbocycles. The van der Waals surface area contributed by atoms with Crippen LogP contribution >= 0.6 is 0 Å². The molecule has 2 aliphatic rings. The van der Waals surface area contributed by atoms with E-state index in [1.807, 2.05) is 0 Å². The minimum Gasteiger partial charge on any atom is -0.480 e. The molecule has 3 rings (SSSR count). The number of hydrogen-bond donors (Lipinski definition) is 3. The van der Waals surface area contributed by atoms with E-state index in [1.165, 1.54) is 11.0 Å². The summed E-state index contributed by atoms with van der Waals surface area (Å²) in [6.45, 7) is 1.94. The van der Waals surface area contributed by atoms with E-state index in [2.05, 4.69) is 10.6 Å². The van der Waals surface area contributed by atoms with Crippen LogP contribution in [-0.4, -0.2) is 46.4 Å². The van der Waals surface area contributed by atoms with Gasteiger partial charge >= 0.3 is 12.0 Å². The van der Waals surface area contributed by atoms with E-state index in [0.29, 0.717) is 24.1 Å². The summed E-state index contributed by atoms with van der Waals surface area (Å²) in [6, 6.07) is 4.94. The maximum absolute atomic E-state index is 12.8. The van der Waals surface area contributed by atoms with Gasteiger partial charge in [-0.3, -0.25) is 14.9 Å². The van der Waals surface area contributed by atoms with Crippen LogP contribution in [0.25, 0.3) is 0 Å². The van der Waals surface area contributed by atoms with Crippen molar-refractivity contribution in [3.8, 4) is 0 Å². The zero-order chi connectivity index (χ0) is 18.2. The lowest BCUT2D eigenvalue weighted by molar-refractivity contribution is -0.143. The molecule has 1 aromatic rings. The van der Waals surface area contributed by atoms with Crippen molar-refractivity contribution in [1.29, 1.82) is 0 Å². The predicted molar refractivity (Wildman–Crippen MR) is 86.8 cm³/mol. The largest absolute Gasteiger partial charge is 0.480 e. The Kier molecular flexibility index (Phi) is 4.20. The lowest BCUT2D eigenvalue weighted by Crippen LogP contribution is -2.48. The van der Waals surface area contributed by atoms with Crippen LogP contribution in [0.1, 0.15) is 42.1 Å². The first-order chi connectivity index (χ1) is 11.8. The Morgan fingerprint density at radius 2 is 2.04 bits per heavy atom. The molecule has 1 unspecified atom stereocenters. The number of amides is 4. The molecule has 4 amide bonds. The van der Waals surface area contributed by atoms with Gasteiger partial charge in [0.2, 0.25) is 0 Å². The van der Waals surface area contributed by atoms with Gasteiger partial charge in [0, 0.05) is 12.1 Å². The van der Waals surface area contributed by atoms with Gasteiger partial charge in [0.25, 0.3) is 11.8 Å². The SMILES string of the molecule is CC1(c2cccc(C(=O)N3CCCC[C@@H]3C(=O)O)c2)NC(=O)NC1=O. The summed E-state index contributed by atoms with van der Waals surface area (Å²) >= 11 is 0. The van der Waals surface area contributed by atoms with Gasteiger partial charge in [-0.15, -0.1) is 0 Å². The molecule has 8 heteroatoms. The summed E-state index contributed by atoms with van der Waals surface area (Å²) in [6.07, 6.45) is 1.95. The number of piperidine rings is 1. The van der Waals surface area contributed by atoms with Crippen molar-refractivity contribution in [2.75, 3.05) is 6.54 Å². The number of likely N-dealkylation sites (tertiary alicyclic amines) is 1. The standard InChI is InChI=1S/C17H19N3O5/c1-17(15(24)18-16(25)19-17)11-6-4-5-10(9-11)13(21)20-8-3-2-7-12(20)14(22)23/h4-6,9,12H,2-3,7-8H2,1H3,(H,22,23)(H2,18,19,24,25)/t12-,17?/m1/s1. The van der Waals surface area contributed by atoms with Gasteiger partial charge in [-0.05, 0) is 43.9 Å². The summed E-state index contributed by atoms with van der Waals surface area (Å²) in [7, 11) is 0. The molecule has 0 radical (unpaired) electrons. The highest BCUT2D eigenvalue weighted by molar-refractivity contribution is 6.07. The van der Waals surface area contributed by atoms with Crippen LogP contribution in [0.15, 0.2) is 24.3 Å². The van der Waals surface area contributed by atoms with Gasteiger partial charge in [0.1, 0.15) is 11.6 Å². The lowest BCUT2D eigenvalue weighted by Gasteiger charge is -2.33. The van der Waals surface area contributed by atoms with Gasteiger partial charge in [0.05, 0.1) is 0 Å². The molecule has 0 spiro atoms. The third-order valence-corrected chi connectivity index (χ3v) is 4.78. The van der Waals surface area contributed by atoms with E-state index >= 15 is 0 Å². The highest BCUT2D eigenvalue weighted by atomic mass is 16.4. The maximum atomic E-state index is 12.8. The van der Waals surface area contributed by atoms with Crippen LogP contribution in [0.4, 0.5) is 4.79 Å². The van der Waals surface area contributed by atoms with Crippen LogP contribution < -0.4 is 10.6 Å². The number of carbonyl (C=O) groups is 4. The number of benzene rings is 1. The average molecular weight is 345 g/mol. The fourth-order valence-corrected chi connectivity index (χ4v) is 3.31. The zero-order valence-corrected chi connectivity index (χ0v) is 13.7. The number of carboxylic acids is 1. The molecule has 3 N–H and O–H groups in total. The van der Waals surface area contributed by atoms with Gasteiger partial charge < -0.3 is 15.3 Å². The molecule has 0 aliphatic carbocycles. The van der Waals surface area contributed by atoms with Gasteiger partial charge in [-0.25, -0.2) is 9.59 Å². The van der Waals surface area contributed by atoms with Crippen molar-refractivity contribution in [3.63, 3.8) is 0 Å². The minimum absolute atomic E-state index is 0.292. The van der Waals surface area contributed by atoms with E-state index in [0.717, 1.165) is 12.8 Å². The van der Waals surface area contributed by atoms with E-state index in [9.17, 15) is 24.3 Å². The highest BCUT2D eigenvalue weighted by Crippen LogP contribution is 2.26. The summed E-state index contributed by atoms with van der Waals surface area (Å²) in [5, 5.41) is 14.1. The number of urea groups is 1. The molecule has 132 valence electrons. The maximum Gasteiger partial charge on any atom is 0.326 e. The Balaban J connectivity index is 1.91. The Morgan fingerprint density at radius 1 is 1.28 bits per heavy atom. The monoisotopic (exact) mass is 345 g/mol.